The Morgan fingerprint density at radius 3 is 2.38 bits per heavy atom. The molecule has 2 aromatic carbocycles. The molecular weight excluding hydrogens is 370 g/mol. The van der Waals surface area contributed by atoms with Gasteiger partial charge in [0.15, 0.2) is 18.1 Å². The molecule has 0 aliphatic carbocycles. The van der Waals surface area contributed by atoms with Gasteiger partial charge < -0.3 is 19.5 Å². The van der Waals surface area contributed by atoms with E-state index >= 15 is 0 Å². The van der Waals surface area contributed by atoms with Crippen LogP contribution in [-0.2, 0) is 14.3 Å². The Morgan fingerprint density at radius 1 is 0.966 bits per heavy atom. The van der Waals surface area contributed by atoms with E-state index in [9.17, 15) is 9.59 Å². The molecule has 0 unspecified atom stereocenters. The molecule has 1 N–H and O–H groups in total. The number of ether oxygens (including phenoxy) is 3. The summed E-state index contributed by atoms with van der Waals surface area (Å²) in [5.41, 5.74) is 3.52. The van der Waals surface area contributed by atoms with Gasteiger partial charge in [-0.15, -0.1) is 0 Å². The highest BCUT2D eigenvalue weighted by Crippen LogP contribution is 2.29. The Kier molecular flexibility index (Phi) is 8.27. The number of benzene rings is 2. The van der Waals surface area contributed by atoms with Crippen molar-refractivity contribution in [2.24, 2.45) is 0 Å². The fourth-order valence-corrected chi connectivity index (χ4v) is 2.66. The summed E-state index contributed by atoms with van der Waals surface area (Å²) in [7, 11) is 0. The second-order valence-electron chi connectivity index (χ2n) is 6.38. The van der Waals surface area contributed by atoms with Crippen LogP contribution in [0.4, 0.5) is 5.69 Å². The Hall–Kier alpha value is -3.28. The lowest BCUT2D eigenvalue weighted by molar-refractivity contribution is -0.142. The minimum Gasteiger partial charge on any atom is -0.490 e. The maximum Gasteiger partial charge on any atom is 0.331 e. The van der Waals surface area contributed by atoms with E-state index < -0.39 is 11.9 Å². The van der Waals surface area contributed by atoms with Crippen LogP contribution in [0.15, 0.2) is 42.5 Å². The van der Waals surface area contributed by atoms with Gasteiger partial charge in [-0.1, -0.05) is 23.8 Å². The number of hydrogen-bond acceptors (Lipinski definition) is 5. The average molecular weight is 397 g/mol. The summed E-state index contributed by atoms with van der Waals surface area (Å²) >= 11 is 0. The number of nitrogens with one attached hydrogen (secondary N) is 1. The summed E-state index contributed by atoms with van der Waals surface area (Å²) in [6.07, 6.45) is 2.87. The molecule has 0 aliphatic rings. The van der Waals surface area contributed by atoms with Gasteiger partial charge >= 0.3 is 5.97 Å². The van der Waals surface area contributed by atoms with E-state index in [1.54, 1.807) is 18.2 Å². The maximum absolute atomic E-state index is 12.0. The van der Waals surface area contributed by atoms with Gasteiger partial charge in [0, 0.05) is 11.8 Å². The first-order valence-electron chi connectivity index (χ1n) is 9.54. The van der Waals surface area contributed by atoms with Gasteiger partial charge in [-0.25, -0.2) is 4.79 Å². The lowest BCUT2D eigenvalue weighted by Gasteiger charge is -2.11. The fourth-order valence-electron chi connectivity index (χ4n) is 2.66. The predicted octanol–water partition coefficient (Wildman–Crippen LogP) is 4.30. The quantitative estimate of drug-likeness (QED) is 0.505. The first kappa shape index (κ1) is 22.0. The summed E-state index contributed by atoms with van der Waals surface area (Å²) < 4.78 is 16.1. The second-order valence-corrected chi connectivity index (χ2v) is 6.38. The minimum atomic E-state index is -0.604. The van der Waals surface area contributed by atoms with Crippen LogP contribution in [0.5, 0.6) is 11.5 Å². The second kappa shape index (κ2) is 10.9. The van der Waals surface area contributed by atoms with Gasteiger partial charge in [-0.05, 0) is 63.1 Å². The maximum atomic E-state index is 12.0. The molecule has 6 nitrogen and oxygen atoms in total. The van der Waals surface area contributed by atoms with E-state index in [0.29, 0.717) is 30.4 Å². The SMILES string of the molecule is CCOc1ccc(C=CC(=O)OCC(=O)Nc2ccc(C)cc2C)cc1OCC. The molecular formula is C23H27NO5. The number of amides is 1. The van der Waals surface area contributed by atoms with Crippen molar-refractivity contribution in [1.82, 2.24) is 0 Å². The first-order chi connectivity index (χ1) is 13.9. The first-order valence-corrected chi connectivity index (χ1v) is 9.54. The molecule has 29 heavy (non-hydrogen) atoms. The lowest BCUT2D eigenvalue weighted by Crippen LogP contribution is -2.20. The normalized spacial score (nSPS) is 10.6. The Balaban J connectivity index is 1.90. The molecule has 0 atom stereocenters. The molecule has 0 fully saturated rings. The smallest absolute Gasteiger partial charge is 0.331 e. The summed E-state index contributed by atoms with van der Waals surface area (Å²) in [5.74, 6) is 0.265. The van der Waals surface area contributed by atoms with Crippen molar-refractivity contribution in [2.75, 3.05) is 25.1 Å². The monoisotopic (exact) mass is 397 g/mol. The molecule has 2 aromatic rings. The Labute approximate surface area is 171 Å². The van der Waals surface area contributed by atoms with Crippen LogP contribution in [0, 0.1) is 13.8 Å². The molecule has 0 saturated heterocycles. The topological polar surface area (TPSA) is 73.9 Å². The van der Waals surface area contributed by atoms with Crippen LogP contribution in [0.2, 0.25) is 0 Å². The third-order valence-corrected chi connectivity index (χ3v) is 3.98. The zero-order valence-electron chi connectivity index (χ0n) is 17.3. The van der Waals surface area contributed by atoms with Crippen molar-refractivity contribution in [3.05, 3.63) is 59.2 Å². The number of aryl methyl sites for hydroxylation is 2. The van der Waals surface area contributed by atoms with Gasteiger partial charge in [0.25, 0.3) is 5.91 Å². The van der Waals surface area contributed by atoms with Gasteiger partial charge in [0.1, 0.15) is 0 Å². The molecule has 0 aromatic heterocycles. The van der Waals surface area contributed by atoms with Crippen molar-refractivity contribution in [3.63, 3.8) is 0 Å². The number of anilines is 1. The molecule has 1 amide bonds. The Bertz CT molecular complexity index is 889. The van der Waals surface area contributed by atoms with Gasteiger partial charge in [-0.2, -0.15) is 0 Å². The zero-order valence-corrected chi connectivity index (χ0v) is 17.3. The van der Waals surface area contributed by atoms with Crippen LogP contribution < -0.4 is 14.8 Å². The average Bonchev–Trinajstić information content (AvgIpc) is 2.69. The number of carbonyl (C=O) groups excluding carboxylic acids is 2. The predicted molar refractivity (Wildman–Crippen MR) is 113 cm³/mol. The van der Waals surface area contributed by atoms with Gasteiger partial charge in [-0.3, -0.25) is 4.79 Å². The van der Waals surface area contributed by atoms with E-state index in [1.807, 2.05) is 52.0 Å². The van der Waals surface area contributed by atoms with Crippen molar-refractivity contribution >= 4 is 23.6 Å². The third kappa shape index (κ3) is 6.99. The van der Waals surface area contributed by atoms with Crippen LogP contribution in [0.3, 0.4) is 0 Å². The molecule has 0 radical (unpaired) electrons. The van der Waals surface area contributed by atoms with Gasteiger partial charge in [0.05, 0.1) is 13.2 Å². The highest BCUT2D eigenvalue weighted by molar-refractivity contribution is 5.95. The number of esters is 1. The number of carbonyl (C=O) groups is 2. The van der Waals surface area contributed by atoms with Crippen molar-refractivity contribution in [3.8, 4) is 11.5 Å². The molecule has 0 heterocycles. The molecule has 0 saturated carbocycles. The zero-order chi connectivity index (χ0) is 21.2. The van der Waals surface area contributed by atoms with Crippen molar-refractivity contribution < 1.29 is 23.8 Å². The number of hydrogen-bond donors (Lipinski definition) is 1. The van der Waals surface area contributed by atoms with Crippen LogP contribution >= 0.6 is 0 Å². The molecule has 0 bridgehead atoms. The summed E-state index contributed by atoms with van der Waals surface area (Å²) in [4.78, 5) is 23.9. The van der Waals surface area contributed by atoms with Crippen LogP contribution in [0.1, 0.15) is 30.5 Å². The molecule has 2 rings (SSSR count). The van der Waals surface area contributed by atoms with E-state index in [4.69, 9.17) is 14.2 Å². The summed E-state index contributed by atoms with van der Waals surface area (Å²) in [6, 6.07) is 11.1. The van der Waals surface area contributed by atoms with Crippen LogP contribution in [-0.4, -0.2) is 31.7 Å². The highest BCUT2D eigenvalue weighted by Gasteiger charge is 2.08. The van der Waals surface area contributed by atoms with Crippen molar-refractivity contribution in [1.29, 1.82) is 0 Å². The molecule has 0 aliphatic heterocycles. The van der Waals surface area contributed by atoms with E-state index in [1.165, 1.54) is 6.08 Å². The standard InChI is InChI=1S/C23H27NO5/c1-5-27-20-11-8-18(14-21(20)28-6-2)9-12-23(26)29-15-22(25)24-19-10-7-16(3)13-17(19)4/h7-14H,5-6,15H2,1-4H3,(H,24,25). The van der Waals surface area contributed by atoms with E-state index in [-0.39, 0.29) is 6.61 Å². The van der Waals surface area contributed by atoms with Crippen molar-refractivity contribution in [2.45, 2.75) is 27.7 Å². The van der Waals surface area contributed by atoms with Gasteiger partial charge in [0.2, 0.25) is 0 Å². The van der Waals surface area contributed by atoms with E-state index in [0.717, 1.165) is 16.7 Å². The third-order valence-electron chi connectivity index (χ3n) is 3.98. The fraction of sp³-hybridized carbons (Fsp3) is 0.304. The minimum absolute atomic E-state index is 0.357. The lowest BCUT2D eigenvalue weighted by atomic mass is 10.1. The molecule has 0 spiro atoms. The number of rotatable bonds is 9. The highest BCUT2D eigenvalue weighted by atomic mass is 16.5. The largest absolute Gasteiger partial charge is 0.490 e. The Morgan fingerprint density at radius 2 is 1.69 bits per heavy atom. The summed E-state index contributed by atoms with van der Waals surface area (Å²) in [5, 5.41) is 2.74. The van der Waals surface area contributed by atoms with E-state index in [2.05, 4.69) is 5.32 Å². The van der Waals surface area contributed by atoms with Crippen LogP contribution in [0.25, 0.3) is 6.08 Å². The molecule has 6 heteroatoms. The summed E-state index contributed by atoms with van der Waals surface area (Å²) in [6.45, 7) is 8.36. The molecule has 154 valence electrons.